The van der Waals surface area contributed by atoms with E-state index in [4.69, 9.17) is 10.8 Å². The fourth-order valence-electron chi connectivity index (χ4n) is 3.29. The van der Waals surface area contributed by atoms with Gasteiger partial charge in [0.05, 0.1) is 0 Å². The number of nitrogens with two attached hydrogens (primary N) is 1. The molecule has 1 rings (SSSR count). The van der Waals surface area contributed by atoms with E-state index < -0.39 is 5.97 Å². The Bertz CT molecular complexity index is 334. The molecule has 4 N–H and O–H groups in total. The van der Waals surface area contributed by atoms with E-state index in [2.05, 4.69) is 5.32 Å². The van der Waals surface area contributed by atoms with Crippen LogP contribution in [-0.4, -0.2) is 30.1 Å². The highest BCUT2D eigenvalue weighted by Gasteiger charge is 2.29. The topological polar surface area (TPSA) is 92.4 Å². The van der Waals surface area contributed by atoms with Crippen molar-refractivity contribution in [2.24, 2.45) is 17.6 Å². The van der Waals surface area contributed by atoms with Gasteiger partial charge in [0.1, 0.15) is 0 Å². The summed E-state index contributed by atoms with van der Waals surface area (Å²) in [6.07, 6.45) is 10.8. The van der Waals surface area contributed by atoms with Gasteiger partial charge in [-0.25, -0.2) is 0 Å². The van der Waals surface area contributed by atoms with Crippen molar-refractivity contribution in [1.29, 1.82) is 0 Å². The second kappa shape index (κ2) is 11.5. The zero-order valence-corrected chi connectivity index (χ0v) is 13.7. The first-order valence-corrected chi connectivity index (χ1v) is 8.84. The Morgan fingerprint density at radius 2 is 1.64 bits per heavy atom. The minimum absolute atomic E-state index is 0.120. The third kappa shape index (κ3) is 7.78. The van der Waals surface area contributed by atoms with E-state index in [1.165, 1.54) is 6.42 Å². The molecule has 5 nitrogen and oxygen atoms in total. The van der Waals surface area contributed by atoms with Crippen molar-refractivity contribution in [3.63, 3.8) is 0 Å². The number of rotatable bonds is 11. The quantitative estimate of drug-likeness (QED) is 0.511. The summed E-state index contributed by atoms with van der Waals surface area (Å²) in [5.74, 6) is -0.0319. The Labute approximate surface area is 134 Å². The van der Waals surface area contributed by atoms with Gasteiger partial charge in [-0.15, -0.1) is 0 Å². The van der Waals surface area contributed by atoms with Crippen LogP contribution >= 0.6 is 0 Å². The fourth-order valence-corrected chi connectivity index (χ4v) is 3.29. The molecule has 0 heterocycles. The van der Waals surface area contributed by atoms with Gasteiger partial charge in [0, 0.05) is 18.9 Å². The molecule has 0 bridgehead atoms. The van der Waals surface area contributed by atoms with Crippen molar-refractivity contribution >= 4 is 11.9 Å². The fraction of sp³-hybridized carbons (Fsp3) is 0.882. The smallest absolute Gasteiger partial charge is 0.303 e. The number of carboxylic acid groups (broad SMARTS) is 1. The molecule has 2 unspecified atom stereocenters. The molecule has 1 fully saturated rings. The Hall–Kier alpha value is -1.10. The summed E-state index contributed by atoms with van der Waals surface area (Å²) in [4.78, 5) is 22.5. The monoisotopic (exact) mass is 312 g/mol. The molecule has 0 aromatic rings. The Morgan fingerprint density at radius 3 is 2.32 bits per heavy atom. The highest BCUT2D eigenvalue weighted by Crippen LogP contribution is 2.29. The molecule has 2 atom stereocenters. The van der Waals surface area contributed by atoms with Gasteiger partial charge in [0.2, 0.25) is 5.91 Å². The molecule has 22 heavy (non-hydrogen) atoms. The maximum atomic E-state index is 12.2. The molecule has 0 saturated heterocycles. The lowest BCUT2D eigenvalue weighted by molar-refractivity contribution is -0.137. The Morgan fingerprint density at radius 1 is 1.00 bits per heavy atom. The number of amides is 1. The van der Waals surface area contributed by atoms with Crippen LogP contribution in [0.2, 0.25) is 0 Å². The second-order valence-corrected chi connectivity index (χ2v) is 6.44. The first-order valence-electron chi connectivity index (χ1n) is 8.84. The predicted molar refractivity (Wildman–Crippen MR) is 87.5 cm³/mol. The molecule has 1 aliphatic carbocycles. The molecule has 0 spiro atoms. The molecule has 0 aliphatic heterocycles. The van der Waals surface area contributed by atoms with Crippen LogP contribution < -0.4 is 11.1 Å². The average Bonchev–Trinajstić information content (AvgIpc) is 2.52. The minimum atomic E-state index is -0.707. The van der Waals surface area contributed by atoms with Crippen molar-refractivity contribution in [2.45, 2.75) is 70.6 Å². The van der Waals surface area contributed by atoms with Gasteiger partial charge >= 0.3 is 5.97 Å². The molecule has 0 radical (unpaired) electrons. The molecule has 5 heteroatoms. The van der Waals surface area contributed by atoms with Crippen LogP contribution in [0.3, 0.4) is 0 Å². The predicted octanol–water partition coefficient (Wildman–Crippen LogP) is 2.68. The first-order chi connectivity index (χ1) is 10.6. The lowest BCUT2D eigenvalue weighted by Gasteiger charge is -2.29. The van der Waals surface area contributed by atoms with E-state index in [1.807, 2.05) is 0 Å². The number of carbonyl (C=O) groups is 2. The van der Waals surface area contributed by atoms with Crippen LogP contribution in [0, 0.1) is 11.8 Å². The summed E-state index contributed by atoms with van der Waals surface area (Å²) in [7, 11) is 0. The van der Waals surface area contributed by atoms with E-state index in [0.717, 1.165) is 64.3 Å². The van der Waals surface area contributed by atoms with Gasteiger partial charge in [-0.3, -0.25) is 9.59 Å². The lowest BCUT2D eigenvalue weighted by Crippen LogP contribution is -2.39. The summed E-state index contributed by atoms with van der Waals surface area (Å²) in [5, 5.41) is 11.6. The van der Waals surface area contributed by atoms with Crippen LogP contribution in [0.1, 0.15) is 70.6 Å². The summed E-state index contributed by atoms with van der Waals surface area (Å²) < 4.78 is 0. The molecule has 1 saturated carbocycles. The van der Waals surface area contributed by atoms with Crippen molar-refractivity contribution < 1.29 is 14.7 Å². The lowest BCUT2D eigenvalue weighted by atomic mass is 9.79. The number of carboxylic acids is 1. The van der Waals surface area contributed by atoms with Crippen LogP contribution in [0.4, 0.5) is 0 Å². The minimum Gasteiger partial charge on any atom is -0.481 e. The van der Waals surface area contributed by atoms with E-state index in [1.54, 1.807) is 0 Å². The number of aliphatic carboxylic acids is 1. The highest BCUT2D eigenvalue weighted by atomic mass is 16.4. The third-order valence-electron chi connectivity index (χ3n) is 4.67. The summed E-state index contributed by atoms with van der Waals surface area (Å²) in [6.45, 7) is 1.37. The molecule has 128 valence electrons. The maximum Gasteiger partial charge on any atom is 0.303 e. The summed E-state index contributed by atoms with van der Waals surface area (Å²) >= 11 is 0. The van der Waals surface area contributed by atoms with E-state index >= 15 is 0 Å². The van der Waals surface area contributed by atoms with Gasteiger partial charge in [0.25, 0.3) is 0 Å². The average molecular weight is 312 g/mol. The van der Waals surface area contributed by atoms with Crippen molar-refractivity contribution in [3.05, 3.63) is 0 Å². The highest BCUT2D eigenvalue weighted by molar-refractivity contribution is 5.79. The van der Waals surface area contributed by atoms with E-state index in [0.29, 0.717) is 12.5 Å². The number of hydrogen-bond acceptors (Lipinski definition) is 3. The van der Waals surface area contributed by atoms with Gasteiger partial charge < -0.3 is 16.2 Å². The molecular formula is C17H32N2O3. The maximum absolute atomic E-state index is 12.2. The van der Waals surface area contributed by atoms with Gasteiger partial charge in [0.15, 0.2) is 0 Å². The number of carbonyl (C=O) groups excluding carboxylic acids is 1. The van der Waals surface area contributed by atoms with Crippen molar-refractivity contribution in [2.75, 3.05) is 13.1 Å². The summed E-state index contributed by atoms with van der Waals surface area (Å²) in [5.41, 5.74) is 5.77. The van der Waals surface area contributed by atoms with Crippen LogP contribution in [0.5, 0.6) is 0 Å². The van der Waals surface area contributed by atoms with Crippen LogP contribution in [0.25, 0.3) is 0 Å². The molecular weight excluding hydrogens is 280 g/mol. The van der Waals surface area contributed by atoms with Crippen LogP contribution in [-0.2, 0) is 9.59 Å². The van der Waals surface area contributed by atoms with Crippen molar-refractivity contribution in [3.8, 4) is 0 Å². The van der Waals surface area contributed by atoms with Gasteiger partial charge in [-0.05, 0) is 38.1 Å². The van der Waals surface area contributed by atoms with Gasteiger partial charge in [-0.2, -0.15) is 0 Å². The first kappa shape index (κ1) is 18.9. The Balaban J connectivity index is 1.99. The molecule has 0 aromatic carbocycles. The van der Waals surface area contributed by atoms with E-state index in [-0.39, 0.29) is 18.2 Å². The molecule has 1 amide bonds. The normalized spacial score (nSPS) is 21.5. The Kier molecular flexibility index (Phi) is 9.87. The van der Waals surface area contributed by atoms with E-state index in [9.17, 15) is 9.59 Å². The zero-order valence-electron chi connectivity index (χ0n) is 13.7. The largest absolute Gasteiger partial charge is 0.481 e. The molecule has 0 aromatic heterocycles. The zero-order chi connectivity index (χ0) is 16.2. The van der Waals surface area contributed by atoms with Crippen LogP contribution in [0.15, 0.2) is 0 Å². The second-order valence-electron chi connectivity index (χ2n) is 6.44. The van der Waals surface area contributed by atoms with Gasteiger partial charge in [-0.1, -0.05) is 38.5 Å². The molecule has 1 aliphatic rings. The third-order valence-corrected chi connectivity index (χ3v) is 4.67. The standard InChI is InChI=1S/C17H32N2O3/c18-13-14-9-6-7-10-15(14)17(22)19-12-8-4-2-1-3-5-11-16(20)21/h14-15H,1-13,18H2,(H,19,22)(H,20,21). The number of hydrogen-bond donors (Lipinski definition) is 3. The number of nitrogens with one attached hydrogen (secondary N) is 1. The number of unbranched alkanes of at least 4 members (excludes halogenated alkanes) is 5. The SMILES string of the molecule is NCC1CCCCC1C(=O)NCCCCCCCCC(=O)O. The summed E-state index contributed by atoms with van der Waals surface area (Å²) in [6, 6.07) is 0. The van der Waals surface area contributed by atoms with Crippen molar-refractivity contribution in [1.82, 2.24) is 5.32 Å².